The number of aryl methyl sites for hydroxylation is 2. The smallest absolute Gasteiger partial charge is 0.252 e. The summed E-state index contributed by atoms with van der Waals surface area (Å²) >= 11 is 0. The van der Waals surface area contributed by atoms with Crippen LogP contribution in [0.2, 0.25) is 0 Å². The molecule has 2 aromatic rings. The molecule has 0 saturated heterocycles. The summed E-state index contributed by atoms with van der Waals surface area (Å²) in [5.41, 5.74) is 3.00. The molecule has 1 saturated carbocycles. The van der Waals surface area contributed by atoms with E-state index in [2.05, 4.69) is 32.3 Å². The molecule has 1 fully saturated rings. The topological polar surface area (TPSA) is 75.4 Å². The monoisotopic (exact) mass is 316 g/mol. The van der Waals surface area contributed by atoms with Crippen molar-refractivity contribution < 1.29 is 4.79 Å². The number of likely N-dealkylation sites (N-methyl/N-ethyl adjacent to an activating group) is 1. The normalized spacial score (nSPS) is 14.6. The van der Waals surface area contributed by atoms with Crippen molar-refractivity contribution in [2.45, 2.75) is 45.6 Å². The molecule has 1 amide bonds. The van der Waals surface area contributed by atoms with Crippen LogP contribution in [0.25, 0.3) is 5.78 Å². The first-order valence-corrected chi connectivity index (χ1v) is 8.19. The number of carbonyl (C=O) groups is 1. The standard InChI is InChI=1S/C16H24N6O/c1-11-14(12(2)22-16(20-11)18-10-19-22)6-7-15(23)17-8-9-21(3)13-4-5-13/h10,13H,4-9H2,1-3H3,(H,17,23). The minimum absolute atomic E-state index is 0.0895. The van der Waals surface area contributed by atoms with E-state index in [1.165, 1.54) is 19.2 Å². The lowest BCUT2D eigenvalue weighted by molar-refractivity contribution is -0.121. The molecule has 3 rings (SSSR count). The van der Waals surface area contributed by atoms with Crippen LogP contribution >= 0.6 is 0 Å². The Morgan fingerprint density at radius 1 is 1.43 bits per heavy atom. The second kappa shape index (κ2) is 6.62. The highest BCUT2D eigenvalue weighted by Crippen LogP contribution is 2.24. The minimum atomic E-state index is 0.0895. The molecule has 0 atom stereocenters. The van der Waals surface area contributed by atoms with Gasteiger partial charge in [-0.3, -0.25) is 4.79 Å². The second-order valence-corrected chi connectivity index (χ2v) is 6.29. The predicted molar refractivity (Wildman–Crippen MR) is 87.2 cm³/mol. The van der Waals surface area contributed by atoms with Crippen LogP contribution in [0.5, 0.6) is 0 Å². The fraction of sp³-hybridized carbons (Fsp3) is 0.625. The van der Waals surface area contributed by atoms with E-state index in [1.807, 2.05) is 13.8 Å². The number of hydrogen-bond donors (Lipinski definition) is 1. The third kappa shape index (κ3) is 3.67. The van der Waals surface area contributed by atoms with Crippen molar-refractivity contribution >= 4 is 11.7 Å². The van der Waals surface area contributed by atoms with Crippen LogP contribution in [0.1, 0.15) is 36.2 Å². The SMILES string of the molecule is Cc1nc2ncnn2c(C)c1CCC(=O)NCCN(C)C1CC1. The van der Waals surface area contributed by atoms with Crippen molar-refractivity contribution in [3.05, 3.63) is 23.3 Å². The molecule has 7 nitrogen and oxygen atoms in total. The average Bonchev–Trinajstić information content (AvgIpc) is 3.26. The molecular weight excluding hydrogens is 292 g/mol. The molecule has 0 spiro atoms. The average molecular weight is 316 g/mol. The molecule has 1 aliphatic carbocycles. The molecule has 23 heavy (non-hydrogen) atoms. The molecule has 1 aliphatic rings. The Balaban J connectivity index is 1.52. The molecule has 0 aromatic carbocycles. The van der Waals surface area contributed by atoms with E-state index in [-0.39, 0.29) is 5.91 Å². The number of aromatic nitrogens is 4. The molecule has 1 N–H and O–H groups in total. The number of hydrogen-bond acceptors (Lipinski definition) is 5. The Bertz CT molecular complexity index is 706. The van der Waals surface area contributed by atoms with E-state index >= 15 is 0 Å². The van der Waals surface area contributed by atoms with E-state index in [1.54, 1.807) is 4.52 Å². The zero-order valence-electron chi connectivity index (χ0n) is 14.0. The summed E-state index contributed by atoms with van der Waals surface area (Å²) in [4.78, 5) is 22.9. The van der Waals surface area contributed by atoms with Gasteiger partial charge in [-0.05, 0) is 45.7 Å². The third-order valence-corrected chi connectivity index (χ3v) is 4.55. The number of fused-ring (bicyclic) bond motifs is 1. The maximum atomic E-state index is 12.0. The molecule has 2 heterocycles. The zero-order valence-corrected chi connectivity index (χ0v) is 14.0. The van der Waals surface area contributed by atoms with Gasteiger partial charge in [0.25, 0.3) is 5.78 Å². The summed E-state index contributed by atoms with van der Waals surface area (Å²) < 4.78 is 1.73. The highest BCUT2D eigenvalue weighted by molar-refractivity contribution is 5.76. The van der Waals surface area contributed by atoms with Crippen molar-refractivity contribution in [2.24, 2.45) is 0 Å². The van der Waals surface area contributed by atoms with Gasteiger partial charge in [0.05, 0.1) is 0 Å². The quantitative estimate of drug-likeness (QED) is 0.821. The van der Waals surface area contributed by atoms with Gasteiger partial charge in [0.15, 0.2) is 0 Å². The second-order valence-electron chi connectivity index (χ2n) is 6.29. The van der Waals surface area contributed by atoms with E-state index in [0.29, 0.717) is 25.2 Å². The van der Waals surface area contributed by atoms with Gasteiger partial charge < -0.3 is 10.2 Å². The van der Waals surface area contributed by atoms with Crippen LogP contribution in [0.3, 0.4) is 0 Å². The Morgan fingerprint density at radius 2 is 2.22 bits per heavy atom. The summed E-state index contributed by atoms with van der Waals surface area (Å²) in [5.74, 6) is 0.697. The lowest BCUT2D eigenvalue weighted by Crippen LogP contribution is -2.34. The molecule has 0 unspecified atom stereocenters. The fourth-order valence-electron chi connectivity index (χ4n) is 2.91. The lowest BCUT2D eigenvalue weighted by atomic mass is 10.1. The summed E-state index contributed by atoms with van der Waals surface area (Å²) in [5, 5.41) is 7.18. The summed E-state index contributed by atoms with van der Waals surface area (Å²) in [6.45, 7) is 5.58. The number of nitrogens with zero attached hydrogens (tertiary/aromatic N) is 5. The number of nitrogens with one attached hydrogen (secondary N) is 1. The zero-order chi connectivity index (χ0) is 16.4. The maximum absolute atomic E-state index is 12.0. The number of carbonyl (C=O) groups excluding carboxylic acids is 1. The lowest BCUT2D eigenvalue weighted by Gasteiger charge is -2.16. The van der Waals surface area contributed by atoms with Crippen LogP contribution in [0.15, 0.2) is 6.33 Å². The molecule has 0 radical (unpaired) electrons. The Hall–Kier alpha value is -2.02. The first-order valence-electron chi connectivity index (χ1n) is 8.19. The van der Waals surface area contributed by atoms with Gasteiger partial charge in [-0.2, -0.15) is 10.1 Å². The van der Waals surface area contributed by atoms with Crippen molar-refractivity contribution in [1.29, 1.82) is 0 Å². The first-order chi connectivity index (χ1) is 11.1. The fourth-order valence-corrected chi connectivity index (χ4v) is 2.91. The largest absolute Gasteiger partial charge is 0.355 e. The van der Waals surface area contributed by atoms with Gasteiger partial charge in [0.2, 0.25) is 5.91 Å². The maximum Gasteiger partial charge on any atom is 0.252 e. The van der Waals surface area contributed by atoms with Crippen molar-refractivity contribution in [3.63, 3.8) is 0 Å². The van der Waals surface area contributed by atoms with Crippen LogP contribution in [0, 0.1) is 13.8 Å². The van der Waals surface area contributed by atoms with Crippen LogP contribution in [-0.4, -0.2) is 56.6 Å². The van der Waals surface area contributed by atoms with Gasteiger partial charge in [-0.15, -0.1) is 0 Å². The van der Waals surface area contributed by atoms with Crippen molar-refractivity contribution in [3.8, 4) is 0 Å². The Kier molecular flexibility index (Phi) is 4.56. The molecule has 0 aliphatic heterocycles. The van der Waals surface area contributed by atoms with Gasteiger partial charge >= 0.3 is 0 Å². The van der Waals surface area contributed by atoms with Crippen LogP contribution in [0.4, 0.5) is 0 Å². The minimum Gasteiger partial charge on any atom is -0.355 e. The molecule has 124 valence electrons. The van der Waals surface area contributed by atoms with E-state index in [4.69, 9.17) is 0 Å². The third-order valence-electron chi connectivity index (χ3n) is 4.55. The van der Waals surface area contributed by atoms with E-state index in [0.717, 1.165) is 29.5 Å². The van der Waals surface area contributed by atoms with Gasteiger partial charge in [-0.1, -0.05) is 0 Å². The number of rotatable bonds is 7. The van der Waals surface area contributed by atoms with Crippen LogP contribution in [-0.2, 0) is 11.2 Å². The highest BCUT2D eigenvalue weighted by Gasteiger charge is 2.25. The molecule has 0 bridgehead atoms. The Morgan fingerprint density at radius 3 is 2.96 bits per heavy atom. The molecule has 7 heteroatoms. The van der Waals surface area contributed by atoms with E-state index in [9.17, 15) is 4.79 Å². The predicted octanol–water partition coefficient (Wildman–Crippen LogP) is 0.884. The van der Waals surface area contributed by atoms with Gasteiger partial charge in [-0.25, -0.2) is 9.50 Å². The Labute approximate surface area is 136 Å². The molecule has 2 aromatic heterocycles. The summed E-state index contributed by atoms with van der Waals surface area (Å²) in [7, 11) is 2.12. The molecular formula is C16H24N6O. The van der Waals surface area contributed by atoms with Gasteiger partial charge in [0, 0.05) is 36.9 Å². The van der Waals surface area contributed by atoms with E-state index < -0.39 is 0 Å². The highest BCUT2D eigenvalue weighted by atomic mass is 16.1. The van der Waals surface area contributed by atoms with Gasteiger partial charge in [0.1, 0.15) is 6.33 Å². The van der Waals surface area contributed by atoms with Crippen LogP contribution < -0.4 is 5.32 Å². The number of amides is 1. The first kappa shape index (κ1) is 15.9. The summed E-state index contributed by atoms with van der Waals surface area (Å²) in [6, 6.07) is 0.734. The van der Waals surface area contributed by atoms with Crippen molar-refractivity contribution in [2.75, 3.05) is 20.1 Å². The van der Waals surface area contributed by atoms with Crippen molar-refractivity contribution in [1.82, 2.24) is 29.8 Å². The summed E-state index contributed by atoms with van der Waals surface area (Å²) in [6.07, 6.45) is 5.23.